The summed E-state index contributed by atoms with van der Waals surface area (Å²) in [7, 11) is 3.28. The molecule has 3 heterocycles. The van der Waals surface area contributed by atoms with Crippen molar-refractivity contribution >= 4 is 10.9 Å². The summed E-state index contributed by atoms with van der Waals surface area (Å²) in [5.41, 5.74) is 5.48. The maximum Gasteiger partial charge on any atom is 0.331 e. The standard InChI is InChI=1S/C27H29N3O3/c1-16-9-7-11-18(13-16)21-20-22(28(5)26(32)29(6)25(20)31)23-24(19-12-8-10-17(2)14-19)33-15-27(3,4)30(21)23/h7-14,24H,15H2,1-6H3/t24-/m1/s1. The predicted molar refractivity (Wildman–Crippen MR) is 131 cm³/mol. The topological polar surface area (TPSA) is 58.2 Å². The van der Waals surface area contributed by atoms with Crippen LogP contribution in [0.25, 0.3) is 22.2 Å². The Morgan fingerprint density at radius 2 is 1.61 bits per heavy atom. The van der Waals surface area contributed by atoms with Crippen molar-refractivity contribution in [2.45, 2.75) is 39.3 Å². The van der Waals surface area contributed by atoms with Gasteiger partial charge in [0, 0.05) is 14.1 Å². The molecule has 170 valence electrons. The van der Waals surface area contributed by atoms with Gasteiger partial charge in [0.05, 0.1) is 34.4 Å². The first kappa shape index (κ1) is 21.5. The lowest BCUT2D eigenvalue weighted by Crippen LogP contribution is -2.40. The molecule has 0 saturated heterocycles. The molecule has 1 aliphatic rings. The number of aromatic nitrogens is 3. The van der Waals surface area contributed by atoms with Gasteiger partial charge in [-0.25, -0.2) is 4.79 Å². The normalized spacial score (nSPS) is 17.3. The Balaban J connectivity index is 2.03. The lowest BCUT2D eigenvalue weighted by atomic mass is 9.97. The summed E-state index contributed by atoms with van der Waals surface area (Å²) in [4.78, 5) is 26.6. The van der Waals surface area contributed by atoms with Crippen LogP contribution < -0.4 is 11.2 Å². The van der Waals surface area contributed by atoms with Gasteiger partial charge >= 0.3 is 5.69 Å². The van der Waals surface area contributed by atoms with Crippen LogP contribution in [0.2, 0.25) is 0 Å². The quantitative estimate of drug-likeness (QED) is 0.467. The molecular formula is C27H29N3O3. The Kier molecular flexibility index (Phi) is 4.76. The summed E-state index contributed by atoms with van der Waals surface area (Å²) < 4.78 is 11.5. The Hall–Kier alpha value is -3.38. The molecule has 33 heavy (non-hydrogen) atoms. The number of hydrogen-bond donors (Lipinski definition) is 0. The lowest BCUT2D eigenvalue weighted by molar-refractivity contribution is -0.00709. The van der Waals surface area contributed by atoms with E-state index >= 15 is 0 Å². The minimum absolute atomic E-state index is 0.287. The average Bonchev–Trinajstić information content (AvgIpc) is 3.14. The van der Waals surface area contributed by atoms with Crippen molar-refractivity contribution in [1.82, 2.24) is 13.7 Å². The molecule has 5 rings (SSSR count). The minimum Gasteiger partial charge on any atom is -0.365 e. The molecule has 0 radical (unpaired) electrons. The monoisotopic (exact) mass is 443 g/mol. The summed E-state index contributed by atoms with van der Waals surface area (Å²) in [6.07, 6.45) is -0.392. The number of benzene rings is 2. The lowest BCUT2D eigenvalue weighted by Gasteiger charge is -2.39. The maximum atomic E-state index is 13.6. The van der Waals surface area contributed by atoms with Gasteiger partial charge in [0.15, 0.2) is 0 Å². The summed E-state index contributed by atoms with van der Waals surface area (Å²) in [5, 5.41) is 0.552. The Morgan fingerprint density at radius 1 is 0.939 bits per heavy atom. The average molecular weight is 444 g/mol. The van der Waals surface area contributed by atoms with E-state index in [1.165, 1.54) is 4.57 Å². The number of rotatable bonds is 2. The van der Waals surface area contributed by atoms with E-state index < -0.39 is 11.6 Å². The summed E-state index contributed by atoms with van der Waals surface area (Å²) in [5.74, 6) is 0. The number of fused-ring (bicyclic) bond motifs is 3. The third-order valence-corrected chi connectivity index (χ3v) is 6.70. The van der Waals surface area contributed by atoms with Crippen LogP contribution >= 0.6 is 0 Å². The largest absolute Gasteiger partial charge is 0.365 e. The summed E-state index contributed by atoms with van der Waals surface area (Å²) in [6, 6.07) is 16.4. The second-order valence-electron chi connectivity index (χ2n) is 9.79. The van der Waals surface area contributed by atoms with Crippen molar-refractivity contribution in [3.63, 3.8) is 0 Å². The second kappa shape index (κ2) is 7.32. The minimum atomic E-state index is -0.422. The van der Waals surface area contributed by atoms with Crippen molar-refractivity contribution in [3.05, 3.63) is 91.8 Å². The van der Waals surface area contributed by atoms with Gasteiger partial charge in [-0.3, -0.25) is 13.9 Å². The van der Waals surface area contributed by atoms with Crippen LogP contribution in [-0.2, 0) is 24.4 Å². The van der Waals surface area contributed by atoms with E-state index in [4.69, 9.17) is 4.74 Å². The van der Waals surface area contributed by atoms with Crippen molar-refractivity contribution in [3.8, 4) is 11.3 Å². The molecule has 6 heteroatoms. The third kappa shape index (κ3) is 3.12. The molecule has 0 saturated carbocycles. The van der Waals surface area contributed by atoms with E-state index in [9.17, 15) is 9.59 Å². The molecule has 1 aliphatic heterocycles. The van der Waals surface area contributed by atoms with Crippen molar-refractivity contribution < 1.29 is 4.74 Å². The molecule has 0 amide bonds. The zero-order chi connectivity index (χ0) is 23.7. The molecule has 2 aromatic carbocycles. The first-order valence-corrected chi connectivity index (χ1v) is 11.2. The van der Waals surface area contributed by atoms with Crippen LogP contribution in [0.1, 0.15) is 42.3 Å². The molecule has 0 spiro atoms. The smallest absolute Gasteiger partial charge is 0.331 e. The molecule has 4 aromatic rings. The van der Waals surface area contributed by atoms with E-state index in [0.29, 0.717) is 17.5 Å². The van der Waals surface area contributed by atoms with Crippen molar-refractivity contribution in [1.29, 1.82) is 0 Å². The fourth-order valence-electron chi connectivity index (χ4n) is 5.15. The number of nitrogens with zero attached hydrogens (tertiary/aromatic N) is 3. The highest BCUT2D eigenvalue weighted by atomic mass is 16.5. The van der Waals surface area contributed by atoms with Gasteiger partial charge in [-0.05, 0) is 44.9 Å². The van der Waals surface area contributed by atoms with Crippen LogP contribution in [0.15, 0.2) is 58.1 Å². The van der Waals surface area contributed by atoms with Gasteiger partial charge in [0.2, 0.25) is 0 Å². The maximum absolute atomic E-state index is 13.6. The molecular weight excluding hydrogens is 414 g/mol. The van der Waals surface area contributed by atoms with Gasteiger partial charge in [0.1, 0.15) is 6.10 Å². The molecule has 0 bridgehead atoms. The van der Waals surface area contributed by atoms with Gasteiger partial charge in [-0.1, -0.05) is 53.6 Å². The number of aryl methyl sites for hydroxylation is 3. The van der Waals surface area contributed by atoms with Crippen LogP contribution in [0.3, 0.4) is 0 Å². The van der Waals surface area contributed by atoms with E-state index in [1.54, 1.807) is 18.7 Å². The van der Waals surface area contributed by atoms with Crippen LogP contribution in [0, 0.1) is 13.8 Å². The zero-order valence-corrected chi connectivity index (χ0v) is 20.0. The van der Waals surface area contributed by atoms with Crippen molar-refractivity contribution in [2.75, 3.05) is 6.61 Å². The molecule has 0 fully saturated rings. The molecule has 0 unspecified atom stereocenters. The van der Waals surface area contributed by atoms with Gasteiger partial charge in [-0.15, -0.1) is 0 Å². The molecule has 2 aromatic heterocycles. The van der Waals surface area contributed by atoms with E-state index in [1.807, 2.05) is 37.3 Å². The molecule has 1 atom stereocenters. The van der Waals surface area contributed by atoms with Gasteiger partial charge in [-0.2, -0.15) is 0 Å². The fourth-order valence-corrected chi connectivity index (χ4v) is 5.15. The van der Waals surface area contributed by atoms with E-state index in [2.05, 4.69) is 43.5 Å². The Labute approximate surface area is 192 Å². The van der Waals surface area contributed by atoms with Crippen LogP contribution in [0.4, 0.5) is 0 Å². The van der Waals surface area contributed by atoms with Crippen LogP contribution in [-0.4, -0.2) is 20.3 Å². The number of ether oxygens (including phenoxy) is 1. The number of hydrogen-bond acceptors (Lipinski definition) is 3. The first-order chi connectivity index (χ1) is 15.6. The Bertz CT molecular complexity index is 1530. The second-order valence-corrected chi connectivity index (χ2v) is 9.79. The van der Waals surface area contributed by atoms with Gasteiger partial charge in [0.25, 0.3) is 5.56 Å². The fraction of sp³-hybridized carbons (Fsp3) is 0.333. The molecule has 0 N–H and O–H groups in total. The first-order valence-electron chi connectivity index (χ1n) is 11.2. The molecule has 0 aliphatic carbocycles. The highest BCUT2D eigenvalue weighted by Crippen LogP contribution is 2.45. The summed E-state index contributed by atoms with van der Waals surface area (Å²) in [6.45, 7) is 8.81. The van der Waals surface area contributed by atoms with Crippen molar-refractivity contribution in [2.24, 2.45) is 14.1 Å². The predicted octanol–water partition coefficient (Wildman–Crippen LogP) is 4.18. The SMILES string of the molecule is Cc1cccc(-c2c3c(=O)n(C)c(=O)n(C)c3c3n2C(C)(C)CO[C@@H]3c2cccc(C)c2)c1. The van der Waals surface area contributed by atoms with Gasteiger partial charge < -0.3 is 9.30 Å². The van der Waals surface area contributed by atoms with E-state index in [-0.39, 0.29) is 11.2 Å². The zero-order valence-electron chi connectivity index (χ0n) is 20.0. The van der Waals surface area contributed by atoms with E-state index in [0.717, 1.165) is 33.6 Å². The van der Waals surface area contributed by atoms with Crippen LogP contribution in [0.5, 0.6) is 0 Å². The highest BCUT2D eigenvalue weighted by molar-refractivity contribution is 5.97. The Morgan fingerprint density at radius 3 is 2.27 bits per heavy atom. The third-order valence-electron chi connectivity index (χ3n) is 6.70. The molecule has 6 nitrogen and oxygen atoms in total. The summed E-state index contributed by atoms with van der Waals surface area (Å²) >= 11 is 0. The highest BCUT2D eigenvalue weighted by Gasteiger charge is 2.40.